The Hall–Kier alpha value is -1.47. The van der Waals surface area contributed by atoms with Crippen LogP contribution in [-0.4, -0.2) is 21.0 Å². The molecule has 0 aromatic carbocycles. The van der Waals surface area contributed by atoms with Gasteiger partial charge in [0.1, 0.15) is 11.4 Å². The van der Waals surface area contributed by atoms with Gasteiger partial charge in [-0.2, -0.15) is 0 Å². The summed E-state index contributed by atoms with van der Waals surface area (Å²) in [5, 5.41) is 10.8. The molecule has 2 heterocycles. The lowest BCUT2D eigenvalue weighted by molar-refractivity contribution is 0.0696. The van der Waals surface area contributed by atoms with Crippen LogP contribution in [0.1, 0.15) is 16.1 Å². The van der Waals surface area contributed by atoms with E-state index in [1.165, 1.54) is 11.3 Å². The van der Waals surface area contributed by atoms with Gasteiger partial charge in [-0.25, -0.2) is 14.8 Å². The van der Waals surface area contributed by atoms with Crippen molar-refractivity contribution in [2.45, 2.75) is 6.92 Å². The predicted molar refractivity (Wildman–Crippen MR) is 69.2 cm³/mol. The second kappa shape index (κ2) is 4.42. The Bertz CT molecular complexity index is 574. The molecule has 0 saturated heterocycles. The topological polar surface area (TPSA) is 89.1 Å². The summed E-state index contributed by atoms with van der Waals surface area (Å²) in [6, 6.07) is 1.86. The number of anilines is 1. The van der Waals surface area contributed by atoms with Crippen molar-refractivity contribution in [3.8, 4) is 10.7 Å². The molecule has 0 radical (unpaired) electrons. The molecular weight excluding hydrogens is 306 g/mol. The van der Waals surface area contributed by atoms with Crippen LogP contribution in [0.3, 0.4) is 0 Å². The molecule has 2 aromatic heterocycles. The van der Waals surface area contributed by atoms with Crippen LogP contribution in [-0.2, 0) is 0 Å². The molecule has 7 heteroatoms. The molecule has 0 spiro atoms. The zero-order valence-electron chi connectivity index (χ0n) is 8.77. The average molecular weight is 314 g/mol. The molecule has 88 valence electrons. The van der Waals surface area contributed by atoms with Gasteiger partial charge in [-0.15, -0.1) is 11.3 Å². The van der Waals surface area contributed by atoms with Gasteiger partial charge < -0.3 is 10.8 Å². The smallest absolute Gasteiger partial charge is 0.341 e. The lowest BCUT2D eigenvalue weighted by Crippen LogP contribution is -2.10. The van der Waals surface area contributed by atoms with Crippen LogP contribution in [0.15, 0.2) is 15.9 Å². The van der Waals surface area contributed by atoms with Gasteiger partial charge in [0.15, 0.2) is 5.82 Å². The fourth-order valence-corrected chi connectivity index (χ4v) is 2.76. The molecular formula is C10H8BrN3O2S. The van der Waals surface area contributed by atoms with Crippen LogP contribution in [0, 0.1) is 6.92 Å². The number of thiophene rings is 1. The van der Waals surface area contributed by atoms with Gasteiger partial charge in [0.25, 0.3) is 0 Å². The Labute approximate surface area is 109 Å². The van der Waals surface area contributed by atoms with Gasteiger partial charge in [-0.05, 0) is 28.9 Å². The molecule has 0 aliphatic carbocycles. The first kappa shape index (κ1) is 12.0. The predicted octanol–water partition coefficient (Wildman–Crippen LogP) is 2.56. The summed E-state index contributed by atoms with van der Waals surface area (Å²) in [6.45, 7) is 1.60. The summed E-state index contributed by atoms with van der Waals surface area (Å²) >= 11 is 4.79. The number of nitrogens with zero attached hydrogens (tertiary/aromatic N) is 2. The highest BCUT2D eigenvalue weighted by atomic mass is 79.9. The van der Waals surface area contributed by atoms with E-state index in [1.54, 1.807) is 6.92 Å². The van der Waals surface area contributed by atoms with Crippen LogP contribution in [0.4, 0.5) is 5.82 Å². The third-order valence-corrected chi connectivity index (χ3v) is 3.81. The van der Waals surface area contributed by atoms with E-state index in [-0.39, 0.29) is 11.4 Å². The Morgan fingerprint density at radius 1 is 1.53 bits per heavy atom. The Morgan fingerprint density at radius 3 is 2.71 bits per heavy atom. The van der Waals surface area contributed by atoms with E-state index >= 15 is 0 Å². The number of aromatic carboxylic acids is 1. The highest BCUT2D eigenvalue weighted by molar-refractivity contribution is 9.10. The van der Waals surface area contributed by atoms with Gasteiger partial charge in [0, 0.05) is 9.85 Å². The van der Waals surface area contributed by atoms with Crippen LogP contribution >= 0.6 is 27.3 Å². The van der Waals surface area contributed by atoms with Crippen molar-refractivity contribution in [3.63, 3.8) is 0 Å². The second-order valence-electron chi connectivity index (χ2n) is 3.33. The monoisotopic (exact) mass is 313 g/mol. The molecule has 0 aliphatic rings. The number of aryl methyl sites for hydroxylation is 1. The Morgan fingerprint density at radius 2 is 2.24 bits per heavy atom. The number of nitrogen functional groups attached to an aromatic ring is 1. The van der Waals surface area contributed by atoms with Crippen LogP contribution in [0.25, 0.3) is 10.7 Å². The van der Waals surface area contributed by atoms with Gasteiger partial charge in [-0.3, -0.25) is 0 Å². The summed E-state index contributed by atoms with van der Waals surface area (Å²) in [5.41, 5.74) is 5.96. The first-order chi connectivity index (χ1) is 7.99. The standard InChI is InChI=1S/C10H8BrN3O2S/c1-4-7(10(15)16)8(12)14-9(13-4)6-2-5(11)3-17-6/h2-3H,1H3,(H,15,16)(H2,12,13,14). The Balaban J connectivity index is 2.56. The number of rotatable bonds is 2. The zero-order valence-corrected chi connectivity index (χ0v) is 11.2. The third-order valence-electron chi connectivity index (χ3n) is 2.12. The van der Waals surface area contributed by atoms with Crippen molar-refractivity contribution in [2.75, 3.05) is 5.73 Å². The summed E-state index contributed by atoms with van der Waals surface area (Å²) in [6.07, 6.45) is 0. The molecule has 0 unspecified atom stereocenters. The van der Waals surface area contributed by atoms with E-state index in [4.69, 9.17) is 10.8 Å². The first-order valence-electron chi connectivity index (χ1n) is 4.61. The molecule has 0 atom stereocenters. The average Bonchev–Trinajstić information content (AvgIpc) is 2.63. The van der Waals surface area contributed by atoms with Crippen molar-refractivity contribution < 1.29 is 9.90 Å². The molecule has 0 saturated carbocycles. The Kier molecular flexibility index (Phi) is 3.12. The lowest BCUT2D eigenvalue weighted by Gasteiger charge is -2.05. The minimum absolute atomic E-state index is 0.00970. The number of carboxylic acids is 1. The summed E-state index contributed by atoms with van der Waals surface area (Å²) in [4.78, 5) is 19.9. The maximum absolute atomic E-state index is 10.9. The van der Waals surface area contributed by atoms with E-state index in [9.17, 15) is 4.79 Å². The number of aromatic nitrogens is 2. The molecule has 3 N–H and O–H groups in total. The second-order valence-corrected chi connectivity index (χ2v) is 5.15. The fraction of sp³-hybridized carbons (Fsp3) is 0.100. The number of nitrogens with two attached hydrogens (primary N) is 1. The molecule has 0 bridgehead atoms. The minimum Gasteiger partial charge on any atom is -0.477 e. The number of hydrogen-bond acceptors (Lipinski definition) is 5. The summed E-state index contributed by atoms with van der Waals surface area (Å²) < 4.78 is 0.930. The van der Waals surface area contributed by atoms with E-state index in [2.05, 4.69) is 25.9 Å². The number of hydrogen-bond donors (Lipinski definition) is 2. The summed E-state index contributed by atoms with van der Waals surface area (Å²) in [5.74, 6) is -0.677. The highest BCUT2D eigenvalue weighted by Gasteiger charge is 2.16. The quantitative estimate of drug-likeness (QED) is 0.889. The van der Waals surface area contributed by atoms with Crippen molar-refractivity contribution >= 4 is 39.1 Å². The zero-order chi connectivity index (χ0) is 12.6. The molecule has 2 aromatic rings. The van der Waals surface area contributed by atoms with Gasteiger partial charge in [-0.1, -0.05) is 0 Å². The van der Waals surface area contributed by atoms with Gasteiger partial charge in [0.2, 0.25) is 0 Å². The largest absolute Gasteiger partial charge is 0.477 e. The van der Waals surface area contributed by atoms with Crippen LogP contribution < -0.4 is 5.73 Å². The van der Waals surface area contributed by atoms with Crippen LogP contribution in [0.2, 0.25) is 0 Å². The van der Waals surface area contributed by atoms with E-state index in [0.29, 0.717) is 11.5 Å². The van der Waals surface area contributed by atoms with Crippen molar-refractivity contribution in [1.82, 2.24) is 9.97 Å². The molecule has 0 fully saturated rings. The molecule has 0 amide bonds. The van der Waals surface area contributed by atoms with Crippen LogP contribution in [0.5, 0.6) is 0 Å². The first-order valence-corrected chi connectivity index (χ1v) is 6.28. The number of halogens is 1. The van der Waals surface area contributed by atoms with Gasteiger partial charge >= 0.3 is 5.97 Å². The SMILES string of the molecule is Cc1nc(-c2cc(Br)cs2)nc(N)c1C(=O)O. The lowest BCUT2D eigenvalue weighted by atomic mass is 10.2. The maximum Gasteiger partial charge on any atom is 0.341 e. The fourth-order valence-electron chi connectivity index (χ4n) is 1.40. The van der Waals surface area contributed by atoms with Crippen molar-refractivity contribution in [1.29, 1.82) is 0 Å². The van der Waals surface area contributed by atoms with E-state index < -0.39 is 5.97 Å². The highest BCUT2D eigenvalue weighted by Crippen LogP contribution is 2.29. The number of carbonyl (C=O) groups is 1. The molecule has 5 nitrogen and oxygen atoms in total. The molecule has 17 heavy (non-hydrogen) atoms. The summed E-state index contributed by atoms with van der Waals surface area (Å²) in [7, 11) is 0. The number of carboxylic acid groups (broad SMARTS) is 1. The maximum atomic E-state index is 10.9. The van der Waals surface area contributed by atoms with E-state index in [1.807, 2.05) is 11.4 Å². The van der Waals surface area contributed by atoms with Crippen molar-refractivity contribution in [2.24, 2.45) is 0 Å². The van der Waals surface area contributed by atoms with E-state index in [0.717, 1.165) is 9.35 Å². The third kappa shape index (κ3) is 2.29. The molecule has 0 aliphatic heterocycles. The molecule has 2 rings (SSSR count). The van der Waals surface area contributed by atoms with Crippen molar-refractivity contribution in [3.05, 3.63) is 27.2 Å². The normalized spacial score (nSPS) is 10.5. The minimum atomic E-state index is -1.11. The van der Waals surface area contributed by atoms with Gasteiger partial charge in [0.05, 0.1) is 10.6 Å².